The molecule has 0 saturated carbocycles. The van der Waals surface area contributed by atoms with E-state index in [1.165, 1.54) is 0 Å². The topological polar surface area (TPSA) is 54.3 Å². The molecular formula is C26H25N3O2. The van der Waals surface area contributed by atoms with E-state index in [0.29, 0.717) is 16.8 Å². The molecule has 0 aliphatic heterocycles. The standard InChI is InChI=1S/C26H25N3O2/c1-18(29(3)26(31)23-17-28(2)24-15-8-7-14-22(23)24)20-12-9-13-21(16-20)27-25(30)19-10-5-4-6-11-19/h4-18H,1-3H3,(H,27,30). The lowest BCUT2D eigenvalue weighted by Crippen LogP contribution is -2.29. The molecular weight excluding hydrogens is 386 g/mol. The average Bonchev–Trinajstić information content (AvgIpc) is 3.15. The number of hydrogen-bond donors (Lipinski definition) is 1. The summed E-state index contributed by atoms with van der Waals surface area (Å²) in [7, 11) is 3.76. The van der Waals surface area contributed by atoms with Crippen molar-refractivity contribution in [1.29, 1.82) is 0 Å². The van der Waals surface area contributed by atoms with Crippen LogP contribution in [0.15, 0.2) is 85.1 Å². The van der Waals surface area contributed by atoms with Gasteiger partial charge in [-0.3, -0.25) is 9.59 Å². The van der Waals surface area contributed by atoms with Crippen molar-refractivity contribution >= 4 is 28.4 Å². The van der Waals surface area contributed by atoms with E-state index in [1.807, 2.05) is 98.5 Å². The van der Waals surface area contributed by atoms with Gasteiger partial charge in [0.05, 0.1) is 11.6 Å². The minimum atomic E-state index is -0.167. The number of aryl methyl sites for hydroxylation is 1. The number of benzene rings is 3. The predicted molar refractivity (Wildman–Crippen MR) is 124 cm³/mol. The smallest absolute Gasteiger partial charge is 0.256 e. The summed E-state index contributed by atoms with van der Waals surface area (Å²) in [6.45, 7) is 1.99. The zero-order valence-electron chi connectivity index (χ0n) is 17.9. The van der Waals surface area contributed by atoms with Gasteiger partial charge in [-0.15, -0.1) is 0 Å². The molecule has 1 aromatic heterocycles. The Labute approximate surface area is 181 Å². The summed E-state index contributed by atoms with van der Waals surface area (Å²) < 4.78 is 1.97. The summed E-state index contributed by atoms with van der Waals surface area (Å²) in [5, 5.41) is 3.88. The van der Waals surface area contributed by atoms with Gasteiger partial charge in [0.2, 0.25) is 0 Å². The number of nitrogens with zero attached hydrogens (tertiary/aromatic N) is 2. The molecule has 4 aromatic rings. The average molecular weight is 412 g/mol. The number of hydrogen-bond acceptors (Lipinski definition) is 2. The molecule has 0 saturated heterocycles. The second kappa shape index (κ2) is 8.48. The molecule has 1 heterocycles. The van der Waals surface area contributed by atoms with Crippen LogP contribution in [0.2, 0.25) is 0 Å². The first-order chi connectivity index (χ1) is 15.0. The molecule has 0 aliphatic rings. The van der Waals surface area contributed by atoms with Crippen LogP contribution in [-0.4, -0.2) is 28.3 Å². The second-order valence-corrected chi connectivity index (χ2v) is 7.71. The molecule has 3 aromatic carbocycles. The zero-order chi connectivity index (χ0) is 22.0. The van der Waals surface area contributed by atoms with Gasteiger partial charge >= 0.3 is 0 Å². The molecule has 1 unspecified atom stereocenters. The molecule has 0 spiro atoms. The first-order valence-electron chi connectivity index (χ1n) is 10.2. The first-order valence-corrected chi connectivity index (χ1v) is 10.2. The third-order valence-electron chi connectivity index (χ3n) is 5.69. The fourth-order valence-corrected chi connectivity index (χ4v) is 3.77. The number of nitrogens with one attached hydrogen (secondary N) is 1. The third kappa shape index (κ3) is 4.08. The fraction of sp³-hybridized carbons (Fsp3) is 0.154. The monoisotopic (exact) mass is 411 g/mol. The van der Waals surface area contributed by atoms with Gasteiger partial charge in [-0.1, -0.05) is 48.5 Å². The van der Waals surface area contributed by atoms with Crippen LogP contribution in [0.1, 0.15) is 39.2 Å². The van der Waals surface area contributed by atoms with Gasteiger partial charge in [0.15, 0.2) is 0 Å². The van der Waals surface area contributed by atoms with Crippen LogP contribution in [0, 0.1) is 0 Å². The number of anilines is 1. The Balaban J connectivity index is 1.55. The Morgan fingerprint density at radius 1 is 0.935 bits per heavy atom. The summed E-state index contributed by atoms with van der Waals surface area (Å²) in [5.41, 5.74) is 3.95. The molecule has 0 fully saturated rings. The maximum atomic E-state index is 13.3. The minimum absolute atomic E-state index is 0.0389. The molecule has 5 heteroatoms. The van der Waals surface area contributed by atoms with Gasteiger partial charge < -0.3 is 14.8 Å². The van der Waals surface area contributed by atoms with Crippen LogP contribution in [-0.2, 0) is 7.05 Å². The molecule has 5 nitrogen and oxygen atoms in total. The van der Waals surface area contributed by atoms with Crippen LogP contribution in [0.5, 0.6) is 0 Å². The lowest BCUT2D eigenvalue weighted by molar-refractivity contribution is 0.0744. The van der Waals surface area contributed by atoms with Crippen molar-refractivity contribution in [2.24, 2.45) is 7.05 Å². The Morgan fingerprint density at radius 3 is 2.42 bits per heavy atom. The van der Waals surface area contributed by atoms with Crippen molar-refractivity contribution in [3.05, 3.63) is 102 Å². The number of para-hydroxylation sites is 1. The van der Waals surface area contributed by atoms with Crippen molar-refractivity contribution in [3.8, 4) is 0 Å². The number of aromatic nitrogens is 1. The van der Waals surface area contributed by atoms with E-state index in [0.717, 1.165) is 16.5 Å². The van der Waals surface area contributed by atoms with Gasteiger partial charge in [-0.05, 0) is 42.8 Å². The molecule has 2 amide bonds. The highest BCUT2D eigenvalue weighted by Crippen LogP contribution is 2.27. The van der Waals surface area contributed by atoms with E-state index in [9.17, 15) is 9.59 Å². The van der Waals surface area contributed by atoms with Gasteiger partial charge in [0.1, 0.15) is 0 Å². The number of rotatable bonds is 5. The number of carbonyl (C=O) groups is 2. The molecule has 0 radical (unpaired) electrons. The van der Waals surface area contributed by atoms with Gasteiger partial charge in [0, 0.05) is 42.4 Å². The SMILES string of the molecule is CC(c1cccc(NC(=O)c2ccccc2)c1)N(C)C(=O)c1cn(C)c2ccccc12. The Morgan fingerprint density at radius 2 is 1.65 bits per heavy atom. The summed E-state index contributed by atoms with van der Waals surface area (Å²) in [6, 6.07) is 24.5. The molecule has 0 bridgehead atoms. The number of carbonyl (C=O) groups excluding carboxylic acids is 2. The van der Waals surface area contributed by atoms with Crippen LogP contribution >= 0.6 is 0 Å². The summed E-state index contributed by atoms with van der Waals surface area (Å²) >= 11 is 0. The summed E-state index contributed by atoms with van der Waals surface area (Å²) in [6.07, 6.45) is 1.88. The molecule has 31 heavy (non-hydrogen) atoms. The lowest BCUT2D eigenvalue weighted by atomic mass is 10.0. The molecule has 4 rings (SSSR count). The van der Waals surface area contributed by atoms with E-state index in [2.05, 4.69) is 5.32 Å². The van der Waals surface area contributed by atoms with Crippen LogP contribution in [0.25, 0.3) is 10.9 Å². The van der Waals surface area contributed by atoms with Crippen molar-refractivity contribution in [3.63, 3.8) is 0 Å². The number of amides is 2. The van der Waals surface area contributed by atoms with E-state index >= 15 is 0 Å². The van der Waals surface area contributed by atoms with E-state index in [-0.39, 0.29) is 17.9 Å². The third-order valence-corrected chi connectivity index (χ3v) is 5.69. The Bertz CT molecular complexity index is 1240. The maximum Gasteiger partial charge on any atom is 0.256 e. The Kier molecular flexibility index (Phi) is 5.58. The highest BCUT2D eigenvalue weighted by molar-refractivity contribution is 6.07. The van der Waals surface area contributed by atoms with Crippen molar-refractivity contribution in [1.82, 2.24) is 9.47 Å². The van der Waals surface area contributed by atoms with Gasteiger partial charge in [-0.2, -0.15) is 0 Å². The molecule has 156 valence electrons. The zero-order valence-corrected chi connectivity index (χ0v) is 17.9. The number of fused-ring (bicyclic) bond motifs is 1. The Hall–Kier alpha value is -3.86. The lowest BCUT2D eigenvalue weighted by Gasteiger charge is -2.25. The van der Waals surface area contributed by atoms with Crippen molar-refractivity contribution < 1.29 is 9.59 Å². The highest BCUT2D eigenvalue weighted by Gasteiger charge is 2.22. The van der Waals surface area contributed by atoms with Crippen LogP contribution < -0.4 is 5.32 Å². The van der Waals surface area contributed by atoms with Crippen LogP contribution in [0.3, 0.4) is 0 Å². The van der Waals surface area contributed by atoms with Gasteiger partial charge in [0.25, 0.3) is 11.8 Å². The highest BCUT2D eigenvalue weighted by atomic mass is 16.2. The largest absolute Gasteiger partial charge is 0.350 e. The predicted octanol–water partition coefficient (Wildman–Crippen LogP) is 5.26. The maximum absolute atomic E-state index is 13.3. The normalized spacial score (nSPS) is 11.8. The summed E-state index contributed by atoms with van der Waals surface area (Å²) in [5.74, 6) is -0.200. The molecule has 1 atom stereocenters. The van der Waals surface area contributed by atoms with Gasteiger partial charge in [-0.25, -0.2) is 0 Å². The minimum Gasteiger partial charge on any atom is -0.350 e. The quantitative estimate of drug-likeness (QED) is 0.487. The summed E-state index contributed by atoms with van der Waals surface area (Å²) in [4.78, 5) is 27.5. The van der Waals surface area contributed by atoms with E-state index in [4.69, 9.17) is 0 Å². The van der Waals surface area contributed by atoms with Crippen molar-refractivity contribution in [2.45, 2.75) is 13.0 Å². The van der Waals surface area contributed by atoms with Crippen molar-refractivity contribution in [2.75, 3.05) is 12.4 Å². The second-order valence-electron chi connectivity index (χ2n) is 7.71. The fourth-order valence-electron chi connectivity index (χ4n) is 3.77. The van der Waals surface area contributed by atoms with E-state index in [1.54, 1.807) is 17.0 Å². The van der Waals surface area contributed by atoms with Crippen LogP contribution in [0.4, 0.5) is 5.69 Å². The van der Waals surface area contributed by atoms with E-state index < -0.39 is 0 Å². The first kappa shape index (κ1) is 20.4. The molecule has 1 N–H and O–H groups in total. The molecule has 0 aliphatic carbocycles.